The molecule has 0 bridgehead atoms. The van der Waals surface area contributed by atoms with E-state index in [-0.39, 0.29) is 5.92 Å². The summed E-state index contributed by atoms with van der Waals surface area (Å²) in [6.45, 7) is 0. The molecule has 0 radical (unpaired) electrons. The van der Waals surface area contributed by atoms with Gasteiger partial charge in [0, 0.05) is 26.9 Å². The number of nitrogens with zero attached hydrogens (tertiary/aromatic N) is 5. The van der Waals surface area contributed by atoms with E-state index in [1.807, 2.05) is 0 Å². The first-order chi connectivity index (χ1) is 26.8. The molecule has 2 aromatic heterocycles. The molecule has 9 aromatic rings. The number of rotatable bonds is 1. The molecule has 54 heavy (non-hydrogen) atoms. The van der Waals surface area contributed by atoms with Gasteiger partial charge in [-0.15, -0.1) is 0 Å². The molecule has 5 heteroatoms. The number of hydrogen-bond donors (Lipinski definition) is 0. The molecule has 1 atom stereocenters. The molecule has 250 valence electrons. The van der Waals surface area contributed by atoms with E-state index in [1.165, 1.54) is 65.2 Å². The Kier molecular flexibility index (Phi) is 5.36. The number of hydrogen-bond acceptors (Lipinski definition) is 3. The van der Waals surface area contributed by atoms with E-state index in [9.17, 15) is 0 Å². The predicted molar refractivity (Wildman–Crippen MR) is 225 cm³/mol. The van der Waals surface area contributed by atoms with Crippen molar-refractivity contribution in [1.29, 1.82) is 0 Å². The molecule has 4 aliphatic rings. The lowest BCUT2D eigenvalue weighted by Crippen LogP contribution is -2.34. The fourth-order valence-electron chi connectivity index (χ4n) is 9.61. The molecule has 7 aromatic carbocycles. The average molecular weight is 688 g/mol. The Morgan fingerprint density at radius 2 is 1.19 bits per heavy atom. The number of aromatic nitrogens is 2. The van der Waals surface area contributed by atoms with Crippen LogP contribution >= 0.6 is 0 Å². The summed E-state index contributed by atoms with van der Waals surface area (Å²) >= 11 is 0. The largest absolute Gasteiger partial charge is 0.309 e. The van der Waals surface area contributed by atoms with Crippen molar-refractivity contribution in [2.45, 2.75) is 0 Å². The van der Waals surface area contributed by atoms with Gasteiger partial charge in [0.25, 0.3) is 0 Å². The average Bonchev–Trinajstić information content (AvgIpc) is 3.74. The van der Waals surface area contributed by atoms with Gasteiger partial charge in [0.05, 0.1) is 62.1 Å². The second kappa shape index (κ2) is 10.2. The van der Waals surface area contributed by atoms with E-state index >= 15 is 0 Å². The quantitative estimate of drug-likeness (QED) is 0.169. The topological polar surface area (TPSA) is 37.8 Å². The van der Waals surface area contributed by atoms with Gasteiger partial charge in [0.1, 0.15) is 0 Å². The minimum absolute atomic E-state index is 0.0486. The van der Waals surface area contributed by atoms with Crippen LogP contribution in [0, 0.1) is 5.92 Å². The van der Waals surface area contributed by atoms with Gasteiger partial charge < -0.3 is 9.13 Å². The lowest BCUT2D eigenvalue weighted by molar-refractivity contribution is 0.914. The predicted octanol–water partition coefficient (Wildman–Crippen LogP) is 12.0. The van der Waals surface area contributed by atoms with E-state index in [1.54, 1.807) is 0 Å². The molecule has 4 heterocycles. The maximum absolute atomic E-state index is 5.42. The summed E-state index contributed by atoms with van der Waals surface area (Å²) in [4.78, 5) is 13.2. The lowest BCUT2D eigenvalue weighted by Gasteiger charge is -2.35. The molecule has 5 nitrogen and oxygen atoms in total. The van der Waals surface area contributed by atoms with Crippen LogP contribution < -0.4 is 4.90 Å². The fourth-order valence-corrected chi connectivity index (χ4v) is 9.61. The molecule has 0 fully saturated rings. The molecule has 2 aliphatic heterocycles. The van der Waals surface area contributed by atoms with Gasteiger partial charge in [-0.2, -0.15) is 0 Å². The first-order valence-corrected chi connectivity index (χ1v) is 18.5. The Labute approximate surface area is 309 Å². The summed E-state index contributed by atoms with van der Waals surface area (Å²) in [5, 5.41) is 9.76. The Hall–Kier alpha value is -7.24. The first kappa shape index (κ1) is 28.4. The zero-order valence-electron chi connectivity index (χ0n) is 29.0. The maximum Gasteiger partial charge on any atom is 0.235 e. The monoisotopic (exact) mass is 687 g/mol. The third kappa shape index (κ3) is 3.58. The fraction of sp³-hybridized carbons (Fsp3) is 0.0204. The minimum atomic E-state index is 0.0486. The van der Waals surface area contributed by atoms with Gasteiger partial charge in [-0.3, -0.25) is 4.90 Å². The van der Waals surface area contributed by atoms with Crippen molar-refractivity contribution in [3.8, 4) is 11.4 Å². The minimum Gasteiger partial charge on any atom is -0.309 e. The second-order valence-corrected chi connectivity index (χ2v) is 14.6. The van der Waals surface area contributed by atoms with Gasteiger partial charge in [-0.25, -0.2) is 9.98 Å². The Balaban J connectivity index is 1.21. The number of para-hydroxylation sites is 2. The highest BCUT2D eigenvalue weighted by Crippen LogP contribution is 2.52. The summed E-state index contributed by atoms with van der Waals surface area (Å²) in [5.41, 5.74) is 12.3. The summed E-state index contributed by atoms with van der Waals surface area (Å²) in [6.07, 6.45) is 12.9. The molecular weight excluding hydrogens is 659 g/mol. The molecule has 0 spiro atoms. The smallest absolute Gasteiger partial charge is 0.235 e. The van der Waals surface area contributed by atoms with Gasteiger partial charge in [0.2, 0.25) is 5.96 Å². The van der Waals surface area contributed by atoms with Crippen LogP contribution in [0.25, 0.3) is 76.5 Å². The van der Waals surface area contributed by atoms with Crippen molar-refractivity contribution in [1.82, 2.24) is 9.13 Å². The van der Waals surface area contributed by atoms with E-state index in [0.717, 1.165) is 39.7 Å². The number of allylic oxidation sites excluding steroid dienone is 7. The van der Waals surface area contributed by atoms with Gasteiger partial charge in [0.15, 0.2) is 0 Å². The van der Waals surface area contributed by atoms with Crippen LogP contribution in [0.5, 0.6) is 0 Å². The van der Waals surface area contributed by atoms with Crippen molar-refractivity contribution in [3.63, 3.8) is 0 Å². The van der Waals surface area contributed by atoms with E-state index in [4.69, 9.17) is 9.98 Å². The first-order valence-electron chi connectivity index (χ1n) is 18.5. The standard InChI is InChI=1S/C49H29N5/c1-3-17-32-29(12-1)14-11-25-39(32)52-40-23-7-5-19-34(40)36-27-43-44(28-42(36)52)54(49-50-37-21-9-15-30-16-10-22-38(51-49)46(30)37)45-26-31-13-2-4-18-33(31)47-35-20-6-8-24-41(35)53(43)48(45)47/h1-28,46H. The maximum atomic E-state index is 5.42. The molecule has 13 rings (SSSR count). The van der Waals surface area contributed by atoms with E-state index in [0.29, 0.717) is 5.96 Å². The molecular formula is C49H29N5. The third-order valence-corrected chi connectivity index (χ3v) is 11.8. The summed E-state index contributed by atoms with van der Waals surface area (Å²) in [5.74, 6) is 0.725. The normalized spacial score (nSPS) is 17.0. The van der Waals surface area contributed by atoms with Crippen LogP contribution in [0.2, 0.25) is 0 Å². The van der Waals surface area contributed by atoms with Crippen molar-refractivity contribution in [3.05, 3.63) is 181 Å². The van der Waals surface area contributed by atoms with Crippen LogP contribution in [0.15, 0.2) is 191 Å². The highest BCUT2D eigenvalue weighted by Gasteiger charge is 2.37. The SMILES string of the molecule is C1=CC2=CC=CC3=NC(N4c5cc6c(cc5-n5c7ccccc7c7c8ccccc8cc4c75)c4ccccc4n6-c4cccc5ccccc45)=NC(=C1)C23. The van der Waals surface area contributed by atoms with Crippen molar-refractivity contribution in [2.24, 2.45) is 15.9 Å². The van der Waals surface area contributed by atoms with Gasteiger partial charge >= 0.3 is 0 Å². The molecule has 0 saturated carbocycles. The van der Waals surface area contributed by atoms with Crippen LogP contribution in [-0.4, -0.2) is 20.8 Å². The van der Waals surface area contributed by atoms with Crippen LogP contribution in [0.3, 0.4) is 0 Å². The second-order valence-electron chi connectivity index (χ2n) is 14.6. The number of anilines is 2. The molecule has 0 N–H and O–H groups in total. The number of aliphatic imine (C=N–C) groups is 2. The Morgan fingerprint density at radius 3 is 2.07 bits per heavy atom. The number of guanidine groups is 1. The Bertz CT molecular complexity index is 3390. The zero-order chi connectivity index (χ0) is 35.1. The summed E-state index contributed by atoms with van der Waals surface area (Å²) < 4.78 is 4.94. The molecule has 1 unspecified atom stereocenters. The lowest BCUT2D eigenvalue weighted by atomic mass is 9.83. The van der Waals surface area contributed by atoms with Crippen LogP contribution in [0.1, 0.15) is 0 Å². The molecule has 2 aliphatic carbocycles. The molecule has 0 amide bonds. The number of fused-ring (bicyclic) bond motifs is 11. The van der Waals surface area contributed by atoms with Crippen molar-refractivity contribution in [2.75, 3.05) is 4.90 Å². The summed E-state index contributed by atoms with van der Waals surface area (Å²) in [7, 11) is 0. The van der Waals surface area contributed by atoms with E-state index in [2.05, 4.69) is 184 Å². The molecule has 0 saturated heterocycles. The zero-order valence-corrected chi connectivity index (χ0v) is 29.0. The van der Waals surface area contributed by atoms with Crippen LogP contribution in [-0.2, 0) is 0 Å². The van der Waals surface area contributed by atoms with E-state index < -0.39 is 0 Å². The van der Waals surface area contributed by atoms with Crippen molar-refractivity contribution >= 4 is 88.2 Å². The number of benzene rings is 7. The van der Waals surface area contributed by atoms with Gasteiger partial charge in [-0.05, 0) is 70.3 Å². The summed E-state index contributed by atoms with van der Waals surface area (Å²) in [6, 6.07) is 48.9. The van der Waals surface area contributed by atoms with Crippen molar-refractivity contribution < 1.29 is 0 Å². The Morgan fingerprint density at radius 1 is 0.463 bits per heavy atom. The highest BCUT2D eigenvalue weighted by atomic mass is 15.3. The highest BCUT2D eigenvalue weighted by molar-refractivity contribution is 6.30. The van der Waals surface area contributed by atoms with Crippen LogP contribution in [0.4, 0.5) is 11.4 Å². The van der Waals surface area contributed by atoms with Gasteiger partial charge in [-0.1, -0.05) is 121 Å². The third-order valence-electron chi connectivity index (χ3n) is 11.8.